The van der Waals surface area contributed by atoms with Gasteiger partial charge in [-0.1, -0.05) is 17.8 Å². The molecule has 4 rings (SSSR count). The molecule has 6 heteroatoms. The number of rotatable bonds is 4. The molecule has 0 spiro atoms. The van der Waals surface area contributed by atoms with Gasteiger partial charge < -0.3 is 14.8 Å². The molecule has 0 fully saturated rings. The van der Waals surface area contributed by atoms with Gasteiger partial charge in [-0.05, 0) is 37.0 Å². The Hall–Kier alpha value is -3.15. The van der Waals surface area contributed by atoms with E-state index in [1.54, 1.807) is 6.20 Å². The fraction of sp³-hybridized carbons (Fsp3) is 0.211. The summed E-state index contributed by atoms with van der Waals surface area (Å²) in [6.07, 6.45) is 11.7. The average molecular weight is 334 g/mol. The number of allylic oxidation sites excluding steroid dienone is 2. The Morgan fingerprint density at radius 3 is 3.12 bits per heavy atom. The zero-order chi connectivity index (χ0) is 17.2. The van der Waals surface area contributed by atoms with Crippen LogP contribution in [0.1, 0.15) is 30.7 Å². The van der Waals surface area contributed by atoms with Crippen molar-refractivity contribution in [1.82, 2.24) is 20.4 Å². The van der Waals surface area contributed by atoms with Gasteiger partial charge in [-0.3, -0.25) is 4.79 Å². The molecule has 25 heavy (non-hydrogen) atoms. The number of amides is 1. The molecule has 0 bridgehead atoms. The highest BCUT2D eigenvalue weighted by Crippen LogP contribution is 2.38. The first-order chi connectivity index (χ1) is 12.3. The van der Waals surface area contributed by atoms with E-state index in [1.807, 2.05) is 24.5 Å². The van der Waals surface area contributed by atoms with Gasteiger partial charge in [0.25, 0.3) is 0 Å². The maximum absolute atomic E-state index is 11.6. The standard InChI is InChI=1S/C19H18N4O2/c1-2-17(24)23-13-5-3-4-12(10-13)14-6-8-20-19-18(14)15(11-21-19)16-7-9-22-25-16/h2,6-12H,1,3-5H2,(H,20,21)(H,23,24)/t12-/m0/s1. The average Bonchev–Trinajstić information content (AvgIpc) is 3.30. The van der Waals surface area contributed by atoms with E-state index in [-0.39, 0.29) is 11.8 Å². The fourth-order valence-electron chi connectivity index (χ4n) is 3.42. The van der Waals surface area contributed by atoms with Gasteiger partial charge in [-0.15, -0.1) is 0 Å². The molecule has 0 radical (unpaired) electrons. The lowest BCUT2D eigenvalue weighted by molar-refractivity contribution is -0.115. The number of hydrogen-bond donors (Lipinski definition) is 2. The van der Waals surface area contributed by atoms with Crippen molar-refractivity contribution in [1.29, 1.82) is 0 Å². The summed E-state index contributed by atoms with van der Waals surface area (Å²) in [6.45, 7) is 3.51. The Kier molecular flexibility index (Phi) is 3.93. The molecule has 2 N–H and O–H groups in total. The molecule has 0 saturated heterocycles. The second kappa shape index (κ2) is 6.39. The lowest BCUT2D eigenvalue weighted by Gasteiger charge is -2.22. The Morgan fingerprint density at radius 1 is 1.40 bits per heavy atom. The first-order valence-electron chi connectivity index (χ1n) is 8.27. The van der Waals surface area contributed by atoms with Crippen molar-refractivity contribution < 1.29 is 9.32 Å². The largest absolute Gasteiger partial charge is 0.356 e. The van der Waals surface area contributed by atoms with Crippen molar-refractivity contribution in [2.75, 3.05) is 0 Å². The molecule has 126 valence electrons. The Balaban J connectivity index is 1.78. The van der Waals surface area contributed by atoms with Gasteiger partial charge >= 0.3 is 0 Å². The molecule has 6 nitrogen and oxygen atoms in total. The molecule has 3 aromatic heterocycles. The van der Waals surface area contributed by atoms with Crippen LogP contribution in [0.4, 0.5) is 0 Å². The highest BCUT2D eigenvalue weighted by Gasteiger charge is 2.22. The number of aromatic amines is 1. The molecule has 3 aromatic rings. The first-order valence-corrected chi connectivity index (χ1v) is 8.27. The number of aromatic nitrogens is 3. The van der Waals surface area contributed by atoms with E-state index in [0.717, 1.165) is 41.6 Å². The van der Waals surface area contributed by atoms with Crippen molar-refractivity contribution in [3.8, 4) is 11.3 Å². The SMILES string of the molecule is C=CC(=O)NC1=C[C@@H](c2ccnc3[nH]cc(-c4ccno4)c23)CCC1. The summed E-state index contributed by atoms with van der Waals surface area (Å²) in [5.74, 6) is 0.744. The maximum Gasteiger partial charge on any atom is 0.247 e. The van der Waals surface area contributed by atoms with Gasteiger partial charge in [0, 0.05) is 41.0 Å². The van der Waals surface area contributed by atoms with Crippen LogP contribution in [0.25, 0.3) is 22.4 Å². The lowest BCUT2D eigenvalue weighted by atomic mass is 9.86. The minimum absolute atomic E-state index is 0.171. The summed E-state index contributed by atoms with van der Waals surface area (Å²) < 4.78 is 5.34. The monoisotopic (exact) mass is 334 g/mol. The molecular weight excluding hydrogens is 316 g/mol. The number of nitrogens with zero attached hydrogens (tertiary/aromatic N) is 2. The molecule has 0 saturated carbocycles. The van der Waals surface area contributed by atoms with E-state index in [0.29, 0.717) is 5.76 Å². The Morgan fingerprint density at radius 2 is 2.32 bits per heavy atom. The van der Waals surface area contributed by atoms with Gasteiger partial charge in [0.15, 0.2) is 5.76 Å². The smallest absolute Gasteiger partial charge is 0.247 e. The third kappa shape index (κ3) is 2.87. The van der Waals surface area contributed by atoms with E-state index in [4.69, 9.17) is 4.52 Å². The highest BCUT2D eigenvalue weighted by atomic mass is 16.5. The van der Waals surface area contributed by atoms with Crippen molar-refractivity contribution in [2.45, 2.75) is 25.2 Å². The van der Waals surface area contributed by atoms with Crippen LogP contribution in [0, 0.1) is 0 Å². The number of nitrogens with one attached hydrogen (secondary N) is 2. The van der Waals surface area contributed by atoms with E-state index in [2.05, 4.69) is 33.1 Å². The number of pyridine rings is 1. The molecule has 1 aliphatic rings. The number of fused-ring (bicyclic) bond motifs is 1. The van der Waals surface area contributed by atoms with Crippen LogP contribution in [0.15, 0.2) is 59.7 Å². The highest BCUT2D eigenvalue weighted by molar-refractivity contribution is 5.95. The third-order valence-corrected chi connectivity index (χ3v) is 4.54. The molecular formula is C19H18N4O2. The number of H-pyrrole nitrogens is 1. The van der Waals surface area contributed by atoms with E-state index in [1.165, 1.54) is 11.6 Å². The van der Waals surface area contributed by atoms with Crippen molar-refractivity contribution in [3.63, 3.8) is 0 Å². The Labute approximate surface area is 144 Å². The van der Waals surface area contributed by atoms with Crippen LogP contribution in [-0.2, 0) is 4.79 Å². The minimum Gasteiger partial charge on any atom is -0.356 e. The molecule has 1 atom stereocenters. The topological polar surface area (TPSA) is 83.8 Å². The number of carbonyl (C=O) groups excluding carboxylic acids is 1. The fourth-order valence-corrected chi connectivity index (χ4v) is 3.42. The van der Waals surface area contributed by atoms with Crippen LogP contribution in [0.2, 0.25) is 0 Å². The summed E-state index contributed by atoms with van der Waals surface area (Å²) in [6, 6.07) is 3.88. The second-order valence-electron chi connectivity index (χ2n) is 6.09. The van der Waals surface area contributed by atoms with Crippen molar-refractivity contribution >= 4 is 16.9 Å². The van der Waals surface area contributed by atoms with E-state index < -0.39 is 0 Å². The first kappa shape index (κ1) is 15.4. The van der Waals surface area contributed by atoms with Crippen LogP contribution < -0.4 is 5.32 Å². The van der Waals surface area contributed by atoms with Gasteiger partial charge in [0.1, 0.15) is 5.65 Å². The third-order valence-electron chi connectivity index (χ3n) is 4.54. The number of carbonyl (C=O) groups is 1. The van der Waals surface area contributed by atoms with Crippen LogP contribution >= 0.6 is 0 Å². The van der Waals surface area contributed by atoms with Crippen molar-refractivity contribution in [2.24, 2.45) is 0 Å². The second-order valence-corrected chi connectivity index (χ2v) is 6.09. The van der Waals surface area contributed by atoms with E-state index in [9.17, 15) is 4.79 Å². The van der Waals surface area contributed by atoms with Gasteiger partial charge in [0.2, 0.25) is 5.91 Å². The van der Waals surface area contributed by atoms with Gasteiger partial charge in [-0.2, -0.15) is 0 Å². The zero-order valence-corrected chi connectivity index (χ0v) is 13.7. The molecule has 0 aliphatic heterocycles. The zero-order valence-electron chi connectivity index (χ0n) is 13.7. The van der Waals surface area contributed by atoms with Gasteiger partial charge in [-0.25, -0.2) is 4.98 Å². The molecule has 0 unspecified atom stereocenters. The maximum atomic E-state index is 11.6. The van der Waals surface area contributed by atoms with E-state index >= 15 is 0 Å². The summed E-state index contributed by atoms with van der Waals surface area (Å²) in [7, 11) is 0. The van der Waals surface area contributed by atoms with Crippen LogP contribution in [0.5, 0.6) is 0 Å². The number of hydrogen-bond acceptors (Lipinski definition) is 4. The minimum atomic E-state index is -0.171. The molecule has 1 aliphatic carbocycles. The Bertz CT molecular complexity index is 953. The predicted octanol–water partition coefficient (Wildman–Crippen LogP) is 3.67. The molecule has 0 aromatic carbocycles. The summed E-state index contributed by atoms with van der Waals surface area (Å²) in [4.78, 5) is 19.2. The predicted molar refractivity (Wildman–Crippen MR) is 94.6 cm³/mol. The van der Waals surface area contributed by atoms with Gasteiger partial charge in [0.05, 0.1) is 6.20 Å². The summed E-state index contributed by atoms with van der Waals surface area (Å²) in [5, 5.41) is 7.75. The lowest BCUT2D eigenvalue weighted by Crippen LogP contribution is -2.22. The van der Waals surface area contributed by atoms with Crippen LogP contribution in [-0.4, -0.2) is 21.0 Å². The summed E-state index contributed by atoms with van der Waals surface area (Å²) in [5.41, 5.74) is 3.89. The summed E-state index contributed by atoms with van der Waals surface area (Å²) >= 11 is 0. The quantitative estimate of drug-likeness (QED) is 0.713. The molecule has 3 heterocycles. The van der Waals surface area contributed by atoms with Crippen molar-refractivity contribution in [3.05, 3.63) is 60.7 Å². The molecule has 1 amide bonds. The normalized spacial score (nSPS) is 17.3. The van der Waals surface area contributed by atoms with Crippen LogP contribution in [0.3, 0.4) is 0 Å².